The van der Waals surface area contributed by atoms with E-state index in [4.69, 9.17) is 0 Å². The lowest BCUT2D eigenvalue weighted by Gasteiger charge is -2.23. The van der Waals surface area contributed by atoms with E-state index in [0.29, 0.717) is 17.1 Å². The number of hydrogen-bond acceptors (Lipinski definition) is 3. The van der Waals surface area contributed by atoms with E-state index in [9.17, 15) is 4.79 Å². The van der Waals surface area contributed by atoms with Crippen LogP contribution in [0.1, 0.15) is 28.9 Å². The highest BCUT2D eigenvalue weighted by Crippen LogP contribution is 2.60. The van der Waals surface area contributed by atoms with Crippen molar-refractivity contribution < 1.29 is 4.79 Å². The Labute approximate surface area is 108 Å². The van der Waals surface area contributed by atoms with Crippen molar-refractivity contribution in [3.05, 3.63) is 20.8 Å². The zero-order valence-electron chi connectivity index (χ0n) is 8.96. The van der Waals surface area contributed by atoms with Crippen molar-refractivity contribution in [1.82, 2.24) is 5.32 Å². The molecule has 1 aliphatic heterocycles. The molecule has 0 bridgehead atoms. The predicted octanol–water partition coefficient (Wildman–Crippen LogP) is 3.08. The lowest BCUT2D eigenvalue weighted by atomic mass is 9.90. The number of rotatable bonds is 2. The smallest absolute Gasteiger partial charge is 0.177 e. The summed E-state index contributed by atoms with van der Waals surface area (Å²) in [6, 6.07) is 1.97. The van der Waals surface area contributed by atoms with Gasteiger partial charge in [-0.25, -0.2) is 0 Å². The molecule has 1 aromatic heterocycles. The fraction of sp³-hybridized carbons (Fsp3) is 0.583. The van der Waals surface area contributed by atoms with Gasteiger partial charge in [0.2, 0.25) is 0 Å². The molecule has 4 heteroatoms. The Morgan fingerprint density at radius 2 is 2.25 bits per heavy atom. The molecule has 0 aromatic carbocycles. The van der Waals surface area contributed by atoms with E-state index in [-0.39, 0.29) is 0 Å². The lowest BCUT2D eigenvalue weighted by molar-refractivity contribution is 0.0944. The molecular formula is C12H14BrNOS. The summed E-state index contributed by atoms with van der Waals surface area (Å²) in [4.78, 5) is 13.2. The van der Waals surface area contributed by atoms with Crippen molar-refractivity contribution in [3.8, 4) is 0 Å². The van der Waals surface area contributed by atoms with Gasteiger partial charge in [0.25, 0.3) is 0 Å². The van der Waals surface area contributed by atoms with Crippen molar-refractivity contribution in [2.24, 2.45) is 11.3 Å². The first kappa shape index (κ1) is 10.9. The third-order valence-electron chi connectivity index (χ3n) is 3.95. The predicted molar refractivity (Wildman–Crippen MR) is 69.0 cm³/mol. The summed E-state index contributed by atoms with van der Waals surface area (Å²) in [6.07, 6.45) is 3.46. The molecule has 1 atom stereocenters. The van der Waals surface area contributed by atoms with E-state index >= 15 is 0 Å². The quantitative estimate of drug-likeness (QED) is 0.850. The number of carbonyl (C=O) groups excluding carboxylic acids is 1. The number of thiophene rings is 1. The largest absolute Gasteiger partial charge is 0.317 e. The summed E-state index contributed by atoms with van der Waals surface area (Å²) in [5, 5.41) is 5.35. The molecule has 1 N–H and O–H groups in total. The number of ketones is 1. The molecule has 2 fully saturated rings. The summed E-state index contributed by atoms with van der Waals surface area (Å²) in [6.45, 7) is 2.16. The highest BCUT2D eigenvalue weighted by molar-refractivity contribution is 9.10. The minimum Gasteiger partial charge on any atom is -0.317 e. The fourth-order valence-corrected chi connectivity index (χ4v) is 4.39. The molecule has 2 nitrogen and oxygen atoms in total. The summed E-state index contributed by atoms with van der Waals surface area (Å²) in [5.41, 5.74) is 0.353. The van der Waals surface area contributed by atoms with Gasteiger partial charge in [-0.15, -0.1) is 11.3 Å². The van der Waals surface area contributed by atoms with Gasteiger partial charge in [0.05, 0.1) is 4.88 Å². The van der Waals surface area contributed by atoms with E-state index in [1.165, 1.54) is 12.8 Å². The van der Waals surface area contributed by atoms with Gasteiger partial charge < -0.3 is 5.32 Å². The van der Waals surface area contributed by atoms with E-state index in [2.05, 4.69) is 21.2 Å². The molecule has 16 heavy (non-hydrogen) atoms. The first-order valence-corrected chi connectivity index (χ1v) is 7.38. The van der Waals surface area contributed by atoms with Crippen LogP contribution in [-0.4, -0.2) is 18.9 Å². The number of hydrogen-bond donors (Lipinski definition) is 1. The number of piperidine rings is 1. The number of halogens is 1. The Morgan fingerprint density at radius 1 is 1.50 bits per heavy atom. The molecule has 1 unspecified atom stereocenters. The maximum atomic E-state index is 12.3. The Balaban J connectivity index is 1.77. The molecule has 3 rings (SSSR count). The van der Waals surface area contributed by atoms with Crippen LogP contribution in [0.4, 0.5) is 0 Å². The monoisotopic (exact) mass is 299 g/mol. The van der Waals surface area contributed by atoms with Crippen molar-refractivity contribution >= 4 is 33.0 Å². The molecule has 0 radical (unpaired) electrons. The van der Waals surface area contributed by atoms with E-state index in [1.807, 2.05) is 11.4 Å². The van der Waals surface area contributed by atoms with Crippen LogP contribution in [0.2, 0.25) is 0 Å². The zero-order chi connectivity index (χ0) is 11.2. The maximum absolute atomic E-state index is 12.3. The van der Waals surface area contributed by atoms with Crippen LogP contribution in [0, 0.1) is 11.3 Å². The Morgan fingerprint density at radius 3 is 2.88 bits per heavy atom. The molecule has 1 aliphatic carbocycles. The molecule has 0 amide bonds. The number of nitrogens with one attached hydrogen (secondary N) is 1. The van der Waals surface area contributed by atoms with Crippen molar-refractivity contribution in [2.75, 3.05) is 13.1 Å². The van der Waals surface area contributed by atoms with Gasteiger partial charge in [-0.05, 0) is 65.1 Å². The van der Waals surface area contributed by atoms with Gasteiger partial charge in [-0.1, -0.05) is 0 Å². The van der Waals surface area contributed by atoms with Crippen LogP contribution in [0.3, 0.4) is 0 Å². The molecular weight excluding hydrogens is 286 g/mol. The minimum atomic E-state index is 0.296. The molecule has 1 saturated heterocycles. The van der Waals surface area contributed by atoms with Gasteiger partial charge in [-0.3, -0.25) is 4.79 Å². The molecule has 2 heterocycles. The second-order valence-electron chi connectivity index (χ2n) is 4.83. The van der Waals surface area contributed by atoms with Crippen LogP contribution in [0.5, 0.6) is 0 Å². The van der Waals surface area contributed by atoms with Crippen LogP contribution >= 0.6 is 27.3 Å². The van der Waals surface area contributed by atoms with Gasteiger partial charge >= 0.3 is 0 Å². The van der Waals surface area contributed by atoms with Crippen LogP contribution in [0.25, 0.3) is 0 Å². The van der Waals surface area contributed by atoms with Crippen molar-refractivity contribution in [2.45, 2.75) is 19.3 Å². The second-order valence-corrected chi connectivity index (χ2v) is 6.60. The highest BCUT2D eigenvalue weighted by atomic mass is 79.9. The van der Waals surface area contributed by atoms with Crippen molar-refractivity contribution in [3.63, 3.8) is 0 Å². The van der Waals surface area contributed by atoms with E-state index in [0.717, 1.165) is 28.9 Å². The summed E-state index contributed by atoms with van der Waals surface area (Å²) in [5.74, 6) is 0.660. The van der Waals surface area contributed by atoms with Gasteiger partial charge in [0, 0.05) is 10.4 Å². The van der Waals surface area contributed by atoms with Crippen LogP contribution < -0.4 is 5.32 Å². The highest BCUT2D eigenvalue weighted by Gasteiger charge is 2.57. The summed E-state index contributed by atoms with van der Waals surface area (Å²) in [7, 11) is 0. The Hall–Kier alpha value is -0.190. The first-order chi connectivity index (χ1) is 7.73. The average molecular weight is 300 g/mol. The van der Waals surface area contributed by atoms with E-state index in [1.54, 1.807) is 11.3 Å². The lowest BCUT2D eigenvalue weighted by Crippen LogP contribution is -2.30. The van der Waals surface area contributed by atoms with Gasteiger partial charge in [0.1, 0.15) is 0 Å². The summed E-state index contributed by atoms with van der Waals surface area (Å²) < 4.78 is 0.971. The SMILES string of the molecule is O=C(c1sccc1Br)C1CC12CCNCC2. The number of carbonyl (C=O) groups is 1. The standard InChI is InChI=1S/C12H14BrNOS/c13-9-1-6-16-11(9)10(15)8-7-12(8)2-4-14-5-3-12/h1,6,8,14H,2-5,7H2. The normalized spacial score (nSPS) is 26.9. The first-order valence-electron chi connectivity index (χ1n) is 5.71. The molecule has 2 aliphatic rings. The second kappa shape index (κ2) is 3.93. The van der Waals surface area contributed by atoms with Crippen molar-refractivity contribution in [1.29, 1.82) is 0 Å². The van der Waals surface area contributed by atoms with E-state index < -0.39 is 0 Å². The average Bonchev–Trinajstić information content (AvgIpc) is 2.80. The molecule has 86 valence electrons. The Kier molecular flexibility index (Phi) is 2.68. The maximum Gasteiger partial charge on any atom is 0.177 e. The molecule has 1 spiro atoms. The molecule has 1 saturated carbocycles. The zero-order valence-corrected chi connectivity index (χ0v) is 11.4. The topological polar surface area (TPSA) is 29.1 Å². The van der Waals surface area contributed by atoms with Gasteiger partial charge in [-0.2, -0.15) is 0 Å². The fourth-order valence-electron chi connectivity index (χ4n) is 2.82. The molecule has 1 aromatic rings. The minimum absolute atomic E-state index is 0.296. The third-order valence-corrected chi connectivity index (χ3v) is 5.80. The Bertz CT molecular complexity index is 422. The number of Topliss-reactive ketones (excluding diaryl/α,β-unsaturated/α-hetero) is 1. The van der Waals surface area contributed by atoms with Gasteiger partial charge in [0.15, 0.2) is 5.78 Å². The van der Waals surface area contributed by atoms with Crippen LogP contribution in [0.15, 0.2) is 15.9 Å². The summed E-state index contributed by atoms with van der Waals surface area (Å²) >= 11 is 5.01. The van der Waals surface area contributed by atoms with Crippen LogP contribution in [-0.2, 0) is 0 Å². The third kappa shape index (κ3) is 1.67.